The van der Waals surface area contributed by atoms with Gasteiger partial charge < -0.3 is 19.4 Å². The van der Waals surface area contributed by atoms with Crippen LogP contribution in [0.4, 0.5) is 0 Å². The fourth-order valence-electron chi connectivity index (χ4n) is 4.17. The van der Waals surface area contributed by atoms with Crippen LogP contribution < -0.4 is 0 Å². The Hall–Kier alpha value is -3.34. The van der Waals surface area contributed by atoms with Crippen LogP contribution >= 0.6 is 0 Å². The maximum Gasteiger partial charge on any atom is 0.259 e. The molecule has 8 heteroatoms. The van der Waals surface area contributed by atoms with Crippen LogP contribution in [0.15, 0.2) is 29.0 Å². The van der Waals surface area contributed by atoms with Crippen molar-refractivity contribution in [1.82, 2.24) is 15.0 Å². The van der Waals surface area contributed by atoms with Gasteiger partial charge in [0.25, 0.3) is 11.8 Å². The molecule has 1 atom stereocenters. The van der Waals surface area contributed by atoms with Crippen molar-refractivity contribution in [2.24, 2.45) is 11.8 Å². The van der Waals surface area contributed by atoms with E-state index >= 15 is 0 Å². The summed E-state index contributed by atoms with van der Waals surface area (Å²) < 4.78 is 4.89. The van der Waals surface area contributed by atoms with Crippen molar-refractivity contribution in [3.05, 3.63) is 46.8 Å². The predicted molar refractivity (Wildman–Crippen MR) is 102 cm³/mol. The van der Waals surface area contributed by atoms with E-state index in [1.165, 1.54) is 24.5 Å². The summed E-state index contributed by atoms with van der Waals surface area (Å²) in [4.78, 5) is 29.0. The number of hydrogen-bond acceptors (Lipinski definition) is 6. The summed E-state index contributed by atoms with van der Waals surface area (Å²) in [5, 5.41) is 22.4. The van der Waals surface area contributed by atoms with Crippen LogP contribution in [0, 0.1) is 30.1 Å². The molecular weight excluding hydrogens is 372 g/mol. The molecule has 4 rings (SSSR count). The Morgan fingerprint density at radius 1 is 1.21 bits per heavy atom. The number of aromatic nitrogens is 1. The van der Waals surface area contributed by atoms with Gasteiger partial charge in [-0.05, 0) is 49.8 Å². The number of hydrogen-bond donors (Lipinski definition) is 1. The monoisotopic (exact) mass is 394 g/mol. The van der Waals surface area contributed by atoms with Crippen LogP contribution in [0.2, 0.25) is 0 Å². The van der Waals surface area contributed by atoms with Crippen molar-refractivity contribution in [2.75, 3.05) is 26.2 Å². The zero-order valence-corrected chi connectivity index (χ0v) is 16.2. The summed E-state index contributed by atoms with van der Waals surface area (Å²) in [6, 6.07) is 6.22. The number of aryl methyl sites for hydroxylation is 1. The second-order valence-electron chi connectivity index (χ2n) is 7.78. The van der Waals surface area contributed by atoms with Gasteiger partial charge in [0.1, 0.15) is 23.6 Å². The van der Waals surface area contributed by atoms with E-state index in [1.54, 1.807) is 11.8 Å². The number of nitrogens with zero attached hydrogens (tertiary/aromatic N) is 4. The molecule has 2 aliphatic rings. The number of benzene rings is 1. The molecule has 0 saturated carbocycles. The maximum atomic E-state index is 12.7. The Bertz CT molecular complexity index is 987. The third-order valence-corrected chi connectivity index (χ3v) is 5.95. The molecule has 2 amide bonds. The fourth-order valence-corrected chi connectivity index (χ4v) is 4.17. The summed E-state index contributed by atoms with van der Waals surface area (Å²) in [6.07, 6.45) is 3.38. The number of amides is 2. The first-order valence-corrected chi connectivity index (χ1v) is 9.70. The van der Waals surface area contributed by atoms with Crippen LogP contribution in [0.1, 0.15) is 44.8 Å². The van der Waals surface area contributed by atoms with Gasteiger partial charge in [-0.2, -0.15) is 5.26 Å². The Morgan fingerprint density at radius 3 is 2.66 bits per heavy atom. The molecule has 0 spiro atoms. The first-order valence-electron chi connectivity index (χ1n) is 9.70. The third-order valence-electron chi connectivity index (χ3n) is 5.95. The van der Waals surface area contributed by atoms with E-state index in [4.69, 9.17) is 9.78 Å². The van der Waals surface area contributed by atoms with E-state index in [2.05, 4.69) is 5.16 Å². The van der Waals surface area contributed by atoms with Gasteiger partial charge in [-0.3, -0.25) is 9.59 Å². The summed E-state index contributed by atoms with van der Waals surface area (Å²) in [7, 11) is 0. The molecular formula is C21H22N4O4. The number of piperidine rings is 1. The van der Waals surface area contributed by atoms with Crippen molar-refractivity contribution in [1.29, 1.82) is 5.26 Å². The highest BCUT2D eigenvalue weighted by Crippen LogP contribution is 2.32. The molecule has 2 fully saturated rings. The summed E-state index contributed by atoms with van der Waals surface area (Å²) in [5.74, 6) is 0.396. The number of carbonyl (C=O) groups excluding carboxylic acids is 2. The Morgan fingerprint density at radius 2 is 1.97 bits per heavy atom. The van der Waals surface area contributed by atoms with Gasteiger partial charge in [0.2, 0.25) is 0 Å². The number of carbonyl (C=O) groups is 2. The second kappa shape index (κ2) is 7.59. The number of phenols is 1. The molecule has 1 N–H and O–H groups in total. The minimum absolute atomic E-state index is 0.0474. The van der Waals surface area contributed by atoms with E-state index in [1.807, 2.05) is 11.0 Å². The Labute approximate surface area is 168 Å². The van der Waals surface area contributed by atoms with E-state index < -0.39 is 0 Å². The quantitative estimate of drug-likeness (QED) is 0.854. The molecule has 3 heterocycles. The fraction of sp³-hybridized carbons (Fsp3) is 0.429. The average Bonchev–Trinajstić information content (AvgIpc) is 3.12. The number of likely N-dealkylation sites (tertiary alicyclic amines) is 2. The molecule has 2 aliphatic heterocycles. The number of aromatic hydroxyl groups is 1. The maximum absolute atomic E-state index is 12.7. The number of nitriles is 1. The summed E-state index contributed by atoms with van der Waals surface area (Å²) >= 11 is 0. The van der Waals surface area contributed by atoms with Gasteiger partial charge in [-0.25, -0.2) is 0 Å². The lowest BCUT2D eigenvalue weighted by atomic mass is 9.80. The molecule has 0 aliphatic carbocycles. The second-order valence-corrected chi connectivity index (χ2v) is 7.78. The average molecular weight is 394 g/mol. The van der Waals surface area contributed by atoms with Crippen LogP contribution in [0.25, 0.3) is 0 Å². The van der Waals surface area contributed by atoms with Crippen LogP contribution in [-0.2, 0) is 0 Å². The zero-order valence-electron chi connectivity index (χ0n) is 16.2. The summed E-state index contributed by atoms with van der Waals surface area (Å²) in [5.41, 5.74) is 1.61. The zero-order chi connectivity index (χ0) is 20.5. The minimum atomic E-state index is -0.137. The lowest BCUT2D eigenvalue weighted by Crippen LogP contribution is -2.55. The summed E-state index contributed by atoms with van der Waals surface area (Å²) in [6.45, 7) is 4.43. The number of phenolic OH excluding ortho intramolecular Hbond substituents is 1. The van der Waals surface area contributed by atoms with Crippen molar-refractivity contribution in [2.45, 2.75) is 19.8 Å². The van der Waals surface area contributed by atoms with Crippen LogP contribution in [0.3, 0.4) is 0 Å². The highest BCUT2D eigenvalue weighted by molar-refractivity contribution is 5.95. The van der Waals surface area contributed by atoms with Crippen molar-refractivity contribution >= 4 is 11.8 Å². The normalized spacial score (nSPS) is 19.5. The third kappa shape index (κ3) is 3.56. The molecule has 0 radical (unpaired) electrons. The Balaban J connectivity index is 1.36. The topological polar surface area (TPSA) is 111 Å². The predicted octanol–water partition coefficient (Wildman–Crippen LogP) is 2.18. The largest absolute Gasteiger partial charge is 0.507 e. The molecule has 2 saturated heterocycles. The van der Waals surface area contributed by atoms with Gasteiger partial charge in [0, 0.05) is 31.7 Å². The van der Waals surface area contributed by atoms with Crippen LogP contribution in [0.5, 0.6) is 5.75 Å². The standard InChI is InChI=1S/C21H22N4O4/c1-13-18(12-29-23-13)21(28)24-6-2-3-15(9-24)17-10-25(11-17)20(27)14-4-5-19(26)16(7-14)8-22/h4-5,7,12,15,17,26H,2-3,6,9-11H2,1H3. The van der Waals surface area contributed by atoms with Gasteiger partial charge in [0.05, 0.1) is 11.3 Å². The van der Waals surface area contributed by atoms with Gasteiger partial charge in [-0.1, -0.05) is 5.16 Å². The first-order chi connectivity index (χ1) is 14.0. The van der Waals surface area contributed by atoms with Crippen molar-refractivity contribution in [3.8, 4) is 11.8 Å². The molecule has 150 valence electrons. The lowest BCUT2D eigenvalue weighted by molar-refractivity contribution is 0.0187. The van der Waals surface area contributed by atoms with Gasteiger partial charge >= 0.3 is 0 Å². The van der Waals surface area contributed by atoms with Crippen molar-refractivity contribution < 1.29 is 19.2 Å². The van der Waals surface area contributed by atoms with Gasteiger partial charge in [0.15, 0.2) is 0 Å². The molecule has 8 nitrogen and oxygen atoms in total. The molecule has 1 aromatic heterocycles. The molecule has 1 aromatic carbocycles. The molecule has 0 bridgehead atoms. The molecule has 2 aromatic rings. The SMILES string of the molecule is Cc1nocc1C(=O)N1CCCC(C2CN(C(=O)c3ccc(O)c(C#N)c3)C2)C1. The van der Waals surface area contributed by atoms with Crippen molar-refractivity contribution in [3.63, 3.8) is 0 Å². The van der Waals surface area contributed by atoms with E-state index in [9.17, 15) is 14.7 Å². The molecule has 29 heavy (non-hydrogen) atoms. The Kier molecular flexibility index (Phi) is 4.97. The van der Waals surface area contributed by atoms with E-state index in [-0.39, 0.29) is 23.1 Å². The van der Waals surface area contributed by atoms with Crippen LogP contribution in [-0.4, -0.2) is 58.1 Å². The highest BCUT2D eigenvalue weighted by Gasteiger charge is 2.39. The number of rotatable bonds is 3. The minimum Gasteiger partial charge on any atom is -0.507 e. The highest BCUT2D eigenvalue weighted by atomic mass is 16.5. The molecule has 1 unspecified atom stereocenters. The van der Waals surface area contributed by atoms with Gasteiger partial charge in [-0.15, -0.1) is 0 Å². The first kappa shape index (κ1) is 19.0. The smallest absolute Gasteiger partial charge is 0.259 e. The lowest BCUT2D eigenvalue weighted by Gasteiger charge is -2.46. The van der Waals surface area contributed by atoms with E-state index in [0.29, 0.717) is 48.3 Å². The van der Waals surface area contributed by atoms with E-state index in [0.717, 1.165) is 19.4 Å².